The van der Waals surface area contributed by atoms with E-state index in [-0.39, 0.29) is 48.1 Å². The van der Waals surface area contributed by atoms with Crippen LogP contribution < -0.4 is 19.3 Å². The molecular formula is C40H43F3N6O4. The molecule has 1 saturated heterocycles. The summed E-state index contributed by atoms with van der Waals surface area (Å²) in [7, 11) is 3.20. The number of anilines is 2. The second kappa shape index (κ2) is 15.2. The molecule has 0 saturated carbocycles. The van der Waals surface area contributed by atoms with Crippen LogP contribution in [0.15, 0.2) is 66.7 Å². The van der Waals surface area contributed by atoms with Crippen LogP contribution in [0.1, 0.15) is 44.4 Å². The highest BCUT2D eigenvalue weighted by Crippen LogP contribution is 2.36. The second-order valence-corrected chi connectivity index (χ2v) is 14.2. The summed E-state index contributed by atoms with van der Waals surface area (Å²) in [5.41, 5.74) is 1.21. The Morgan fingerprint density at radius 1 is 0.868 bits per heavy atom. The standard InChI is InChI=1S/C40H43F3N6O4/c1-24-18-32(44-33(19-24)48(22-26-8-12-28(51-6)13-9-26)23-27-10-14-29(52-7)15-11-27)34-31(41)20-30-36(35(34)42)45-38(43)46-37(30)49-17-16-47(21-25(49)2)39(50)53-40(3,4)5/h8-15,18-20,25H,16-17,21-23H2,1-7H3. The normalized spacial score (nSPS) is 14.7. The van der Waals surface area contributed by atoms with Crippen LogP contribution >= 0.6 is 0 Å². The van der Waals surface area contributed by atoms with Gasteiger partial charge in [-0.05, 0) is 93.8 Å². The number of rotatable bonds is 9. The molecular weight excluding hydrogens is 685 g/mol. The number of benzene rings is 3. The van der Waals surface area contributed by atoms with Crippen molar-refractivity contribution < 1.29 is 32.2 Å². The summed E-state index contributed by atoms with van der Waals surface area (Å²) >= 11 is 0. The average molecular weight is 729 g/mol. The van der Waals surface area contributed by atoms with Gasteiger partial charge in [-0.15, -0.1) is 0 Å². The van der Waals surface area contributed by atoms with Gasteiger partial charge in [-0.3, -0.25) is 0 Å². The monoisotopic (exact) mass is 728 g/mol. The predicted octanol–water partition coefficient (Wildman–Crippen LogP) is 8.09. The molecule has 1 aliphatic heterocycles. The summed E-state index contributed by atoms with van der Waals surface area (Å²) in [6.07, 6.45) is -1.63. The number of aryl methyl sites for hydroxylation is 1. The average Bonchev–Trinajstić information content (AvgIpc) is 3.11. The van der Waals surface area contributed by atoms with E-state index in [4.69, 9.17) is 19.2 Å². The predicted molar refractivity (Wildman–Crippen MR) is 198 cm³/mol. The summed E-state index contributed by atoms with van der Waals surface area (Å²) in [4.78, 5) is 30.6. The Balaban J connectivity index is 1.37. The van der Waals surface area contributed by atoms with Crippen molar-refractivity contribution >= 4 is 28.6 Å². The second-order valence-electron chi connectivity index (χ2n) is 14.2. The highest BCUT2D eigenvalue weighted by atomic mass is 19.1. The number of ether oxygens (including phenoxy) is 3. The van der Waals surface area contributed by atoms with Crippen molar-refractivity contribution in [2.75, 3.05) is 43.7 Å². The van der Waals surface area contributed by atoms with Gasteiger partial charge in [0.25, 0.3) is 0 Å². The molecule has 0 bridgehead atoms. The van der Waals surface area contributed by atoms with E-state index in [2.05, 4.69) is 9.97 Å². The zero-order chi connectivity index (χ0) is 38.0. The minimum Gasteiger partial charge on any atom is -0.497 e. The van der Waals surface area contributed by atoms with Gasteiger partial charge in [0.15, 0.2) is 5.82 Å². The van der Waals surface area contributed by atoms with Gasteiger partial charge in [-0.25, -0.2) is 18.6 Å². The first-order valence-corrected chi connectivity index (χ1v) is 17.3. The number of halogens is 3. The topological polar surface area (TPSA) is 93.2 Å². The van der Waals surface area contributed by atoms with Crippen LogP contribution in [0.5, 0.6) is 11.5 Å². The van der Waals surface area contributed by atoms with Gasteiger partial charge in [0.2, 0.25) is 0 Å². The Bertz CT molecular complexity index is 2060. The third-order valence-corrected chi connectivity index (χ3v) is 8.99. The van der Waals surface area contributed by atoms with Gasteiger partial charge in [-0.2, -0.15) is 14.4 Å². The molecule has 2 aromatic heterocycles. The van der Waals surface area contributed by atoms with Crippen molar-refractivity contribution in [1.29, 1.82) is 0 Å². The molecule has 0 spiro atoms. The molecule has 53 heavy (non-hydrogen) atoms. The van der Waals surface area contributed by atoms with Gasteiger partial charge in [0.05, 0.1) is 25.5 Å². The SMILES string of the molecule is COc1ccc(CN(Cc2ccc(OC)cc2)c2cc(C)cc(-c3c(F)cc4c(N5CCN(C(=O)OC(C)(C)C)CC5C)nc(F)nc4c3F)n2)cc1. The number of aromatic nitrogens is 3. The summed E-state index contributed by atoms with van der Waals surface area (Å²) in [5, 5.41) is 0.0104. The number of methoxy groups -OCH3 is 2. The molecule has 0 radical (unpaired) electrons. The largest absolute Gasteiger partial charge is 0.497 e. The van der Waals surface area contributed by atoms with Gasteiger partial charge >= 0.3 is 12.2 Å². The van der Waals surface area contributed by atoms with Crippen LogP contribution in [0, 0.1) is 24.6 Å². The molecule has 1 aliphatic rings. The first-order valence-electron chi connectivity index (χ1n) is 17.3. The Morgan fingerprint density at radius 3 is 2.02 bits per heavy atom. The lowest BCUT2D eigenvalue weighted by Gasteiger charge is -2.41. The van der Waals surface area contributed by atoms with E-state index in [0.29, 0.717) is 24.5 Å². The summed E-state index contributed by atoms with van der Waals surface area (Å²) in [5.74, 6) is 0.00752. The molecule has 1 fully saturated rings. The molecule has 5 aromatic rings. The molecule has 0 aliphatic carbocycles. The minimum atomic E-state index is -1.16. The number of hydrogen-bond acceptors (Lipinski definition) is 9. The van der Waals surface area contributed by atoms with Crippen molar-refractivity contribution in [3.8, 4) is 22.8 Å². The number of piperazine rings is 1. The first-order chi connectivity index (χ1) is 25.2. The summed E-state index contributed by atoms with van der Waals surface area (Å²) in [6.45, 7) is 10.6. The van der Waals surface area contributed by atoms with Crippen molar-refractivity contribution in [3.05, 3.63) is 101 Å². The van der Waals surface area contributed by atoms with Gasteiger partial charge in [0, 0.05) is 44.2 Å². The Hall–Kier alpha value is -5.59. The van der Waals surface area contributed by atoms with Crippen molar-refractivity contribution in [2.24, 2.45) is 0 Å². The molecule has 13 heteroatoms. The van der Waals surface area contributed by atoms with E-state index in [1.54, 1.807) is 50.9 Å². The Labute approximate surface area is 307 Å². The molecule has 1 atom stereocenters. The molecule has 0 N–H and O–H groups in total. The molecule has 10 nitrogen and oxygen atoms in total. The highest BCUT2D eigenvalue weighted by Gasteiger charge is 2.33. The lowest BCUT2D eigenvalue weighted by atomic mass is 10.0. The van der Waals surface area contributed by atoms with E-state index in [1.807, 2.05) is 73.3 Å². The van der Waals surface area contributed by atoms with Crippen LogP contribution in [-0.4, -0.2) is 71.4 Å². The fraction of sp³-hybridized carbons (Fsp3) is 0.350. The fourth-order valence-electron chi connectivity index (χ4n) is 6.43. The number of fused-ring (bicyclic) bond motifs is 1. The summed E-state index contributed by atoms with van der Waals surface area (Å²) in [6, 6.07) is 19.5. The van der Waals surface area contributed by atoms with Crippen molar-refractivity contribution in [1.82, 2.24) is 19.9 Å². The number of carbonyl (C=O) groups excluding carboxylic acids is 1. The molecule has 6 rings (SSSR count). The maximum Gasteiger partial charge on any atom is 0.410 e. The van der Waals surface area contributed by atoms with Crippen LogP contribution in [0.2, 0.25) is 0 Å². The van der Waals surface area contributed by atoms with E-state index < -0.39 is 35.0 Å². The third-order valence-electron chi connectivity index (χ3n) is 8.99. The maximum absolute atomic E-state index is 16.6. The molecule has 3 heterocycles. The van der Waals surface area contributed by atoms with Crippen molar-refractivity contribution in [3.63, 3.8) is 0 Å². The van der Waals surface area contributed by atoms with Crippen LogP contribution in [0.25, 0.3) is 22.2 Å². The Kier molecular flexibility index (Phi) is 10.6. The number of nitrogens with zero attached hydrogens (tertiary/aromatic N) is 6. The zero-order valence-corrected chi connectivity index (χ0v) is 30.9. The van der Waals surface area contributed by atoms with Crippen molar-refractivity contribution in [2.45, 2.75) is 59.4 Å². The molecule has 3 aromatic carbocycles. The van der Waals surface area contributed by atoms with Gasteiger partial charge < -0.3 is 28.9 Å². The lowest BCUT2D eigenvalue weighted by molar-refractivity contribution is 0.0218. The number of carbonyl (C=O) groups is 1. The van der Waals surface area contributed by atoms with Gasteiger partial charge in [0.1, 0.15) is 40.1 Å². The Morgan fingerprint density at radius 2 is 1.47 bits per heavy atom. The quantitative estimate of drug-likeness (QED) is 0.140. The molecule has 1 unspecified atom stereocenters. The van der Waals surface area contributed by atoms with E-state index >= 15 is 13.2 Å². The van der Waals surface area contributed by atoms with E-state index in [1.165, 1.54) is 0 Å². The first kappa shape index (κ1) is 37.2. The van der Waals surface area contributed by atoms with E-state index in [9.17, 15) is 4.79 Å². The summed E-state index contributed by atoms with van der Waals surface area (Å²) < 4.78 is 64.2. The zero-order valence-electron chi connectivity index (χ0n) is 30.9. The lowest BCUT2D eigenvalue weighted by Crippen LogP contribution is -2.55. The van der Waals surface area contributed by atoms with Crippen LogP contribution in [-0.2, 0) is 17.8 Å². The molecule has 1 amide bonds. The van der Waals surface area contributed by atoms with Crippen LogP contribution in [0.4, 0.5) is 29.6 Å². The van der Waals surface area contributed by atoms with Crippen LogP contribution in [0.3, 0.4) is 0 Å². The number of amides is 1. The number of hydrogen-bond donors (Lipinski definition) is 0. The van der Waals surface area contributed by atoms with Gasteiger partial charge in [-0.1, -0.05) is 24.3 Å². The third kappa shape index (κ3) is 8.40. The smallest absolute Gasteiger partial charge is 0.410 e. The maximum atomic E-state index is 16.6. The molecule has 278 valence electrons. The minimum absolute atomic E-state index is 0.0104. The van der Waals surface area contributed by atoms with E-state index in [0.717, 1.165) is 28.7 Å². The fourth-order valence-corrected chi connectivity index (χ4v) is 6.43. The number of pyridine rings is 1. The highest BCUT2D eigenvalue weighted by molar-refractivity contribution is 5.93.